The van der Waals surface area contributed by atoms with Crippen LogP contribution in [0.25, 0.3) is 0 Å². The number of halogens is 5. The summed E-state index contributed by atoms with van der Waals surface area (Å²) in [7, 11) is 0. The molecule has 0 atom stereocenters. The molecule has 4 aliphatic heterocycles. The summed E-state index contributed by atoms with van der Waals surface area (Å²) < 4.78 is 23.7. The monoisotopic (exact) mass is 1260 g/mol. The van der Waals surface area contributed by atoms with E-state index in [1.165, 1.54) is 84.9 Å². The number of hydrogen-bond donors (Lipinski definition) is 12. The van der Waals surface area contributed by atoms with E-state index >= 15 is 0 Å². The maximum Gasteiger partial charge on any atom is 0.210 e. The van der Waals surface area contributed by atoms with Crippen molar-refractivity contribution in [1.82, 2.24) is 0 Å². The van der Waals surface area contributed by atoms with Gasteiger partial charge in [-0.3, -0.25) is 0 Å². The summed E-state index contributed by atoms with van der Waals surface area (Å²) >= 11 is 31.9. The fraction of sp³-hybridized carbons (Fsp3) is 0.138. The van der Waals surface area contributed by atoms with Gasteiger partial charge in [-0.2, -0.15) is 0 Å². The molecule has 16 nitrogen and oxygen atoms in total. The van der Waals surface area contributed by atoms with E-state index in [-0.39, 0.29) is 176 Å². The highest BCUT2D eigenvalue weighted by Crippen LogP contribution is 2.48. The summed E-state index contributed by atoms with van der Waals surface area (Å²) in [4.78, 5) is 0. The molecule has 8 aromatic rings. The summed E-state index contributed by atoms with van der Waals surface area (Å²) in [5.74, 6) is -2.05. The molecule has 12 N–H and O–H groups in total. The third-order valence-electron chi connectivity index (χ3n) is 13.8. The SMILES string of the molecule is Cc1c2ccc(O)c1C/C=C(/Cl)Cc1cc(O)c(c(O)c1)Oc1cc(c(O)cc1Cl)C/C=C\Cc1cc(O)cc(O)c1O2.Oc1cc(O)c2c(c1)C/C=C\Cc1cc(c(Cl)cc1O)Oc1c(O)cc(cc1O)C/C(Cl)=C\Cc1cc(c(Cl)cc1O)O2. The number of fused-ring (bicyclic) bond motifs is 12. The predicted octanol–water partition coefficient (Wildman–Crippen LogP) is 16.4. The van der Waals surface area contributed by atoms with Crippen LogP contribution in [0.5, 0.6) is 115 Å². The Balaban J connectivity index is 0.000000205. The van der Waals surface area contributed by atoms with Gasteiger partial charge in [-0.25, -0.2) is 0 Å². The Bertz CT molecular complexity index is 3910. The van der Waals surface area contributed by atoms with Crippen molar-refractivity contribution >= 4 is 58.0 Å². The molecule has 444 valence electrons. The van der Waals surface area contributed by atoms with Crippen molar-refractivity contribution in [2.75, 3.05) is 0 Å². The Kier molecular flexibility index (Phi) is 18.9. The topological polar surface area (TPSA) is 280 Å². The molecule has 8 aromatic carbocycles. The normalized spacial score (nSPS) is 15.6. The van der Waals surface area contributed by atoms with E-state index in [0.717, 1.165) is 6.07 Å². The summed E-state index contributed by atoms with van der Waals surface area (Å²) in [6.45, 7) is 1.77. The van der Waals surface area contributed by atoms with Crippen LogP contribution < -0.4 is 18.9 Å². The molecule has 4 aliphatic rings. The first kappa shape index (κ1) is 61.5. The van der Waals surface area contributed by atoms with Crippen molar-refractivity contribution in [2.24, 2.45) is 0 Å². The van der Waals surface area contributed by atoms with Crippen molar-refractivity contribution in [2.45, 2.75) is 58.3 Å². The van der Waals surface area contributed by atoms with Gasteiger partial charge in [-0.1, -0.05) is 94.5 Å². The molecule has 4 heterocycles. The maximum absolute atomic E-state index is 10.7. The molecular weight excluding hydrogens is 1210 g/mol. The van der Waals surface area contributed by atoms with E-state index in [0.29, 0.717) is 65.9 Å². The fourth-order valence-electron chi connectivity index (χ4n) is 9.39. The molecule has 0 unspecified atom stereocenters. The van der Waals surface area contributed by atoms with Gasteiger partial charge in [-0.15, -0.1) is 0 Å². The Hall–Kier alpha value is -9.03. The second-order valence-electron chi connectivity index (χ2n) is 20.0. The zero-order valence-corrected chi connectivity index (χ0v) is 49.0. The van der Waals surface area contributed by atoms with Crippen LogP contribution in [0.2, 0.25) is 15.1 Å². The molecular formula is C65H53Cl5O16. The van der Waals surface area contributed by atoms with Crippen LogP contribution >= 0.6 is 58.0 Å². The average Bonchev–Trinajstić information content (AvgIpc) is 2.72. The molecule has 0 saturated carbocycles. The van der Waals surface area contributed by atoms with Crippen molar-refractivity contribution in [3.63, 3.8) is 0 Å². The van der Waals surface area contributed by atoms with E-state index in [9.17, 15) is 61.3 Å². The molecule has 0 spiro atoms. The second kappa shape index (κ2) is 26.5. The Morgan fingerprint density at radius 3 is 1.06 bits per heavy atom. The first-order chi connectivity index (χ1) is 41.0. The number of phenols is 12. The number of rotatable bonds is 0. The molecule has 86 heavy (non-hydrogen) atoms. The van der Waals surface area contributed by atoms with Gasteiger partial charge >= 0.3 is 0 Å². The minimum Gasteiger partial charge on any atom is -0.508 e. The molecule has 0 saturated heterocycles. The van der Waals surface area contributed by atoms with Gasteiger partial charge in [-0.05, 0) is 129 Å². The number of hydrogen-bond acceptors (Lipinski definition) is 16. The largest absolute Gasteiger partial charge is 0.508 e. The first-order valence-electron chi connectivity index (χ1n) is 26.2. The molecule has 12 bridgehead atoms. The molecule has 0 radical (unpaired) electrons. The van der Waals surface area contributed by atoms with Crippen LogP contribution in [0.15, 0.2) is 144 Å². The lowest BCUT2D eigenvalue weighted by Gasteiger charge is -2.17. The van der Waals surface area contributed by atoms with Crippen LogP contribution in [0, 0.1) is 6.92 Å². The van der Waals surface area contributed by atoms with Gasteiger partial charge in [0.15, 0.2) is 46.0 Å². The summed E-state index contributed by atoms with van der Waals surface area (Å²) in [6, 6.07) is 22.3. The summed E-state index contributed by atoms with van der Waals surface area (Å²) in [5, 5.41) is 127. The van der Waals surface area contributed by atoms with Crippen molar-refractivity contribution in [3.8, 4) is 115 Å². The van der Waals surface area contributed by atoms with E-state index in [2.05, 4.69) is 0 Å². The van der Waals surface area contributed by atoms with Crippen molar-refractivity contribution in [1.29, 1.82) is 0 Å². The lowest BCUT2D eigenvalue weighted by molar-refractivity contribution is 0.374. The number of allylic oxidation sites excluding steroid dienone is 8. The van der Waals surface area contributed by atoms with Gasteiger partial charge < -0.3 is 80.2 Å². The van der Waals surface area contributed by atoms with Crippen LogP contribution in [0.3, 0.4) is 0 Å². The third-order valence-corrected chi connectivity index (χ3v) is 15.2. The number of phenolic OH excluding ortho intramolecular Hbond substituents is 12. The molecule has 12 rings (SSSR count). The van der Waals surface area contributed by atoms with Crippen LogP contribution in [0.4, 0.5) is 0 Å². The number of aromatic hydroxyl groups is 12. The Morgan fingerprint density at radius 1 is 0.314 bits per heavy atom. The Morgan fingerprint density at radius 2 is 0.651 bits per heavy atom. The quantitative estimate of drug-likeness (QED) is 0.0629. The third kappa shape index (κ3) is 14.5. The van der Waals surface area contributed by atoms with Gasteiger partial charge in [0.1, 0.15) is 57.5 Å². The zero-order valence-electron chi connectivity index (χ0n) is 45.2. The van der Waals surface area contributed by atoms with Crippen LogP contribution in [-0.2, 0) is 51.4 Å². The predicted molar refractivity (Wildman–Crippen MR) is 327 cm³/mol. The number of benzene rings is 8. The lowest BCUT2D eigenvalue weighted by atomic mass is 10.0. The molecule has 0 aromatic heterocycles. The number of ether oxygens (including phenoxy) is 4. The highest BCUT2D eigenvalue weighted by Gasteiger charge is 2.22. The van der Waals surface area contributed by atoms with Crippen LogP contribution in [-0.4, -0.2) is 61.3 Å². The molecule has 0 aliphatic carbocycles. The fourth-order valence-corrected chi connectivity index (χ4v) is 10.4. The zero-order chi connectivity index (χ0) is 61.7. The second-order valence-corrected chi connectivity index (χ2v) is 22.2. The summed E-state index contributed by atoms with van der Waals surface area (Å²) in [6.07, 6.45) is 12.1. The highest BCUT2D eigenvalue weighted by molar-refractivity contribution is 6.33. The molecule has 0 amide bonds. The van der Waals surface area contributed by atoms with Crippen LogP contribution in [0.1, 0.15) is 50.1 Å². The standard InChI is InChI=1S/C33H28Cl2O8.C32H25Cl3O8/c1-17-23-7-6-21(34)10-18-11-27(39)33(28(40)12-18)43-31-14-19(26(38)16-24(31)35)4-2-3-5-20-13-22(36)15-29(41)32(20)42-30(17)9-8-25(23)37;33-20-6-5-18-12-29(22(34)15-25(18)38)42-31-19(10-21(36)13-28(31)41)4-2-1-3-17-11-30(23(35)14-24(17)37)43-32-26(39)8-16(7-20)9-27(32)40/h2-3,6,8-9,11-16,36-41H,4-5,7,10H2,1H3;1-2,6,8-15,36-41H,3-5,7H2/b3-2-,21-6+;2-1-,20-6+. The van der Waals surface area contributed by atoms with E-state index in [4.69, 9.17) is 77.0 Å². The van der Waals surface area contributed by atoms with E-state index in [1.807, 2.05) is 0 Å². The molecule has 0 fully saturated rings. The average molecular weight is 1270 g/mol. The smallest absolute Gasteiger partial charge is 0.210 e. The van der Waals surface area contributed by atoms with Gasteiger partial charge in [0.05, 0.1) is 15.1 Å². The highest BCUT2D eigenvalue weighted by atomic mass is 35.5. The minimum absolute atomic E-state index is 0.0278. The summed E-state index contributed by atoms with van der Waals surface area (Å²) in [5.41, 5.74) is 4.37. The van der Waals surface area contributed by atoms with Crippen molar-refractivity contribution in [3.05, 3.63) is 209 Å². The minimum atomic E-state index is -0.352. The first-order valence-corrected chi connectivity index (χ1v) is 28.1. The van der Waals surface area contributed by atoms with E-state index in [1.54, 1.807) is 49.4 Å². The van der Waals surface area contributed by atoms with Gasteiger partial charge in [0.2, 0.25) is 11.5 Å². The van der Waals surface area contributed by atoms with E-state index < -0.39 is 0 Å². The van der Waals surface area contributed by atoms with Crippen molar-refractivity contribution < 1.29 is 80.2 Å². The van der Waals surface area contributed by atoms with Gasteiger partial charge in [0, 0.05) is 86.6 Å². The Labute approximate surface area is 517 Å². The molecule has 21 heteroatoms. The van der Waals surface area contributed by atoms with Gasteiger partial charge in [0.25, 0.3) is 0 Å². The lowest BCUT2D eigenvalue weighted by Crippen LogP contribution is -1.97. The maximum atomic E-state index is 10.7.